The first kappa shape index (κ1) is 16.9. The van der Waals surface area contributed by atoms with Crippen molar-refractivity contribution in [3.05, 3.63) is 27.2 Å². The van der Waals surface area contributed by atoms with E-state index in [0.29, 0.717) is 24.1 Å². The van der Waals surface area contributed by atoms with Gasteiger partial charge in [0.2, 0.25) is 0 Å². The van der Waals surface area contributed by atoms with Gasteiger partial charge < -0.3 is 10.4 Å². The van der Waals surface area contributed by atoms with Gasteiger partial charge in [0.15, 0.2) is 0 Å². The Hall–Kier alpha value is -2.18. The number of nitrogens with one attached hydrogen (secondary N) is 1. The molecule has 0 radical (unpaired) electrons. The summed E-state index contributed by atoms with van der Waals surface area (Å²) in [5, 5.41) is 15.3. The molecule has 116 valence electrons. The first-order valence-corrected chi connectivity index (χ1v) is 6.81. The second-order valence-corrected chi connectivity index (χ2v) is 5.17. The number of carboxylic acids is 1. The zero-order valence-corrected chi connectivity index (χ0v) is 12.8. The third-order valence-electron chi connectivity index (χ3n) is 3.36. The van der Waals surface area contributed by atoms with E-state index < -0.39 is 17.4 Å². The van der Waals surface area contributed by atoms with Crippen molar-refractivity contribution in [2.45, 2.75) is 46.1 Å². The predicted molar refractivity (Wildman–Crippen MR) is 77.4 cm³/mol. The molecular weight excluding hydrogens is 274 g/mol. The summed E-state index contributed by atoms with van der Waals surface area (Å²) in [6.07, 6.45) is 1.08. The highest BCUT2D eigenvalue weighted by molar-refractivity contribution is 5.95. The SMILES string of the molecule is Cc1nn(C)c(=O)c(C(=O)NC(C)CCCC(=O)O)c1C. The summed E-state index contributed by atoms with van der Waals surface area (Å²) in [7, 11) is 1.50. The van der Waals surface area contributed by atoms with Crippen LogP contribution in [0.4, 0.5) is 0 Å². The van der Waals surface area contributed by atoms with Gasteiger partial charge in [0, 0.05) is 19.5 Å². The Bertz CT molecular complexity index is 607. The van der Waals surface area contributed by atoms with Crippen LogP contribution in [0.25, 0.3) is 0 Å². The number of carbonyl (C=O) groups excluding carboxylic acids is 1. The molecule has 0 aromatic carbocycles. The van der Waals surface area contributed by atoms with Crippen molar-refractivity contribution < 1.29 is 14.7 Å². The molecule has 0 aliphatic heterocycles. The Balaban J connectivity index is 2.81. The van der Waals surface area contributed by atoms with Crippen molar-refractivity contribution in [1.29, 1.82) is 0 Å². The second kappa shape index (κ2) is 7.01. The van der Waals surface area contributed by atoms with Crippen molar-refractivity contribution in [1.82, 2.24) is 15.1 Å². The molecule has 1 atom stereocenters. The molecule has 0 fully saturated rings. The van der Waals surface area contributed by atoms with Crippen LogP contribution in [0.1, 0.15) is 47.8 Å². The second-order valence-electron chi connectivity index (χ2n) is 5.17. The van der Waals surface area contributed by atoms with Crippen molar-refractivity contribution in [3.8, 4) is 0 Å². The zero-order chi connectivity index (χ0) is 16.2. The number of rotatable bonds is 6. The maximum absolute atomic E-state index is 12.2. The van der Waals surface area contributed by atoms with Crippen LogP contribution in [-0.4, -0.2) is 32.8 Å². The topological polar surface area (TPSA) is 101 Å². The lowest BCUT2D eigenvalue weighted by Gasteiger charge is -2.15. The third-order valence-corrected chi connectivity index (χ3v) is 3.36. The Labute approximate surface area is 123 Å². The van der Waals surface area contributed by atoms with E-state index >= 15 is 0 Å². The fourth-order valence-electron chi connectivity index (χ4n) is 2.04. The summed E-state index contributed by atoms with van der Waals surface area (Å²) in [6, 6.07) is -0.200. The van der Waals surface area contributed by atoms with Gasteiger partial charge in [0.05, 0.1) is 5.69 Å². The fraction of sp³-hybridized carbons (Fsp3) is 0.571. The molecule has 1 amide bonds. The molecule has 0 spiro atoms. The molecule has 0 saturated carbocycles. The number of carbonyl (C=O) groups is 2. The van der Waals surface area contributed by atoms with E-state index in [2.05, 4.69) is 10.4 Å². The molecular formula is C14H21N3O4. The molecule has 1 aromatic rings. The summed E-state index contributed by atoms with van der Waals surface area (Å²) in [6.45, 7) is 5.21. The van der Waals surface area contributed by atoms with Crippen LogP contribution in [0, 0.1) is 13.8 Å². The first-order valence-electron chi connectivity index (χ1n) is 6.81. The van der Waals surface area contributed by atoms with Crippen LogP contribution >= 0.6 is 0 Å². The van der Waals surface area contributed by atoms with Gasteiger partial charge in [0.25, 0.3) is 11.5 Å². The fourth-order valence-corrected chi connectivity index (χ4v) is 2.04. The van der Waals surface area contributed by atoms with Gasteiger partial charge in [-0.15, -0.1) is 0 Å². The lowest BCUT2D eigenvalue weighted by molar-refractivity contribution is -0.137. The number of nitrogens with zero attached hydrogens (tertiary/aromatic N) is 2. The molecule has 1 aromatic heterocycles. The maximum atomic E-state index is 12.2. The van der Waals surface area contributed by atoms with E-state index in [0.717, 1.165) is 4.68 Å². The predicted octanol–water partition coefficient (Wildman–Crippen LogP) is 0.770. The van der Waals surface area contributed by atoms with Crippen molar-refractivity contribution in [2.75, 3.05) is 0 Å². The first-order chi connectivity index (χ1) is 9.73. The van der Waals surface area contributed by atoms with E-state index in [-0.39, 0.29) is 18.0 Å². The summed E-state index contributed by atoms with van der Waals surface area (Å²) in [5.41, 5.74) is 0.845. The molecule has 0 aliphatic carbocycles. The number of amides is 1. The smallest absolute Gasteiger partial charge is 0.303 e. The summed E-state index contributed by atoms with van der Waals surface area (Å²) < 4.78 is 1.15. The van der Waals surface area contributed by atoms with Crippen LogP contribution in [0.5, 0.6) is 0 Å². The number of aliphatic carboxylic acids is 1. The Morgan fingerprint density at radius 1 is 1.38 bits per heavy atom. The monoisotopic (exact) mass is 295 g/mol. The van der Waals surface area contributed by atoms with Crippen LogP contribution in [-0.2, 0) is 11.8 Å². The minimum absolute atomic E-state index is 0.0649. The third kappa shape index (κ3) is 4.40. The average molecular weight is 295 g/mol. The van der Waals surface area contributed by atoms with Gasteiger partial charge in [-0.05, 0) is 39.2 Å². The lowest BCUT2D eigenvalue weighted by atomic mass is 10.1. The van der Waals surface area contributed by atoms with Gasteiger partial charge in [0.1, 0.15) is 5.56 Å². The Kier molecular flexibility index (Phi) is 5.63. The van der Waals surface area contributed by atoms with Gasteiger partial charge in [-0.25, -0.2) is 4.68 Å². The Morgan fingerprint density at radius 3 is 2.57 bits per heavy atom. The van der Waals surface area contributed by atoms with E-state index in [1.54, 1.807) is 20.8 Å². The minimum atomic E-state index is -0.858. The lowest BCUT2D eigenvalue weighted by Crippen LogP contribution is -2.39. The molecule has 1 heterocycles. The molecule has 0 aliphatic rings. The van der Waals surface area contributed by atoms with E-state index in [1.165, 1.54) is 7.05 Å². The normalized spacial score (nSPS) is 12.0. The van der Waals surface area contributed by atoms with Crippen LogP contribution in [0.2, 0.25) is 0 Å². The summed E-state index contributed by atoms with van der Waals surface area (Å²) in [5.74, 6) is -1.30. The van der Waals surface area contributed by atoms with Gasteiger partial charge in [-0.1, -0.05) is 0 Å². The highest BCUT2D eigenvalue weighted by Crippen LogP contribution is 2.07. The molecule has 0 saturated heterocycles. The molecule has 7 nitrogen and oxygen atoms in total. The Morgan fingerprint density at radius 2 is 2.00 bits per heavy atom. The molecule has 2 N–H and O–H groups in total. The average Bonchev–Trinajstić information content (AvgIpc) is 2.36. The minimum Gasteiger partial charge on any atom is -0.481 e. The van der Waals surface area contributed by atoms with Crippen molar-refractivity contribution in [3.63, 3.8) is 0 Å². The quantitative estimate of drug-likeness (QED) is 0.807. The summed E-state index contributed by atoms with van der Waals surface area (Å²) in [4.78, 5) is 34.7. The van der Waals surface area contributed by atoms with Crippen molar-refractivity contribution >= 4 is 11.9 Å². The molecule has 7 heteroatoms. The number of hydrogen-bond acceptors (Lipinski definition) is 4. The van der Waals surface area contributed by atoms with Gasteiger partial charge in [-0.3, -0.25) is 14.4 Å². The number of carboxylic acid groups (broad SMARTS) is 1. The number of hydrogen-bond donors (Lipinski definition) is 2. The van der Waals surface area contributed by atoms with E-state index in [1.807, 2.05) is 0 Å². The van der Waals surface area contributed by atoms with Crippen LogP contribution in [0.3, 0.4) is 0 Å². The zero-order valence-electron chi connectivity index (χ0n) is 12.8. The number of aryl methyl sites for hydroxylation is 2. The molecule has 21 heavy (non-hydrogen) atoms. The maximum Gasteiger partial charge on any atom is 0.303 e. The molecule has 1 rings (SSSR count). The standard InChI is InChI=1S/C14H21N3O4/c1-8(6-5-7-11(18)19)15-13(20)12-9(2)10(3)16-17(4)14(12)21/h8H,5-7H2,1-4H3,(H,15,20)(H,18,19). The highest BCUT2D eigenvalue weighted by Gasteiger charge is 2.19. The van der Waals surface area contributed by atoms with Crippen molar-refractivity contribution in [2.24, 2.45) is 7.05 Å². The number of aromatic nitrogens is 2. The van der Waals surface area contributed by atoms with Gasteiger partial charge >= 0.3 is 5.97 Å². The van der Waals surface area contributed by atoms with E-state index in [4.69, 9.17) is 5.11 Å². The van der Waals surface area contributed by atoms with Crippen LogP contribution in [0.15, 0.2) is 4.79 Å². The molecule has 0 bridgehead atoms. The largest absolute Gasteiger partial charge is 0.481 e. The highest BCUT2D eigenvalue weighted by atomic mass is 16.4. The van der Waals surface area contributed by atoms with E-state index in [9.17, 15) is 14.4 Å². The van der Waals surface area contributed by atoms with Gasteiger partial charge in [-0.2, -0.15) is 5.10 Å². The molecule has 1 unspecified atom stereocenters. The van der Waals surface area contributed by atoms with Crippen LogP contribution < -0.4 is 10.9 Å². The summed E-state index contributed by atoms with van der Waals surface area (Å²) >= 11 is 0.